The van der Waals surface area contributed by atoms with Crippen molar-refractivity contribution in [2.24, 2.45) is 0 Å². The highest BCUT2D eigenvalue weighted by molar-refractivity contribution is 5.92. The van der Waals surface area contributed by atoms with E-state index in [9.17, 15) is 9.18 Å². The minimum Gasteiger partial charge on any atom is -0.322 e. The van der Waals surface area contributed by atoms with Crippen LogP contribution in [0.2, 0.25) is 0 Å². The number of amides is 1. The Morgan fingerprint density at radius 2 is 1.94 bits per heavy atom. The van der Waals surface area contributed by atoms with Gasteiger partial charge in [0.1, 0.15) is 5.82 Å². The van der Waals surface area contributed by atoms with Crippen LogP contribution in [0, 0.1) is 5.82 Å². The van der Waals surface area contributed by atoms with Gasteiger partial charge in [0.15, 0.2) is 0 Å². The second-order valence-electron chi connectivity index (χ2n) is 4.41. The maximum absolute atomic E-state index is 13.3. The molecule has 1 heterocycles. The van der Waals surface area contributed by atoms with E-state index in [1.807, 2.05) is 5.01 Å². The number of halogens is 1. The van der Waals surface area contributed by atoms with Crippen molar-refractivity contribution in [1.82, 2.24) is 10.4 Å². The molecule has 1 aromatic rings. The van der Waals surface area contributed by atoms with Crippen LogP contribution in [-0.4, -0.2) is 30.6 Å². The second-order valence-corrected chi connectivity index (χ2v) is 4.41. The molecule has 2 rings (SSSR count). The number of hydrazine groups is 1. The maximum Gasteiger partial charge on any atom is 0.239 e. The topological polar surface area (TPSA) is 44.4 Å². The summed E-state index contributed by atoms with van der Waals surface area (Å²) < 4.78 is 13.3. The van der Waals surface area contributed by atoms with Crippen molar-refractivity contribution in [3.63, 3.8) is 0 Å². The summed E-state index contributed by atoms with van der Waals surface area (Å²) in [4.78, 5) is 11.6. The van der Waals surface area contributed by atoms with Gasteiger partial charge in [-0.1, -0.05) is 18.6 Å². The molecule has 0 spiro atoms. The average molecular weight is 251 g/mol. The lowest BCUT2D eigenvalue weighted by Crippen LogP contribution is -2.45. The van der Waals surface area contributed by atoms with Crippen LogP contribution in [0.4, 0.5) is 10.1 Å². The highest BCUT2D eigenvalue weighted by Crippen LogP contribution is 2.11. The van der Waals surface area contributed by atoms with Gasteiger partial charge < -0.3 is 5.32 Å². The number of benzene rings is 1. The Morgan fingerprint density at radius 1 is 1.22 bits per heavy atom. The van der Waals surface area contributed by atoms with Gasteiger partial charge in [-0.05, 0) is 25.0 Å². The Morgan fingerprint density at radius 3 is 2.67 bits per heavy atom. The zero-order valence-corrected chi connectivity index (χ0v) is 10.3. The Hall–Kier alpha value is -1.46. The van der Waals surface area contributed by atoms with E-state index in [-0.39, 0.29) is 18.1 Å². The van der Waals surface area contributed by atoms with Crippen molar-refractivity contribution in [3.8, 4) is 0 Å². The number of carbonyl (C=O) groups is 1. The summed E-state index contributed by atoms with van der Waals surface area (Å²) in [6, 6.07) is 6.16. The molecule has 0 radical (unpaired) electrons. The Kier molecular flexibility index (Phi) is 4.66. The predicted octanol–water partition coefficient (Wildman–Crippen LogP) is 1.75. The number of carbonyl (C=O) groups excluding carboxylic acids is 1. The van der Waals surface area contributed by atoms with Crippen LogP contribution in [-0.2, 0) is 4.79 Å². The van der Waals surface area contributed by atoms with Gasteiger partial charge in [0, 0.05) is 13.1 Å². The molecule has 0 unspecified atom stereocenters. The summed E-state index contributed by atoms with van der Waals surface area (Å²) in [6.07, 6.45) is 3.56. The van der Waals surface area contributed by atoms with Crippen LogP contribution in [0.15, 0.2) is 24.3 Å². The predicted molar refractivity (Wildman–Crippen MR) is 68.5 cm³/mol. The lowest BCUT2D eigenvalue weighted by molar-refractivity contribution is -0.116. The number of nitrogens with one attached hydrogen (secondary N) is 2. The number of hydrogen-bond acceptors (Lipinski definition) is 3. The zero-order chi connectivity index (χ0) is 12.8. The molecule has 5 heteroatoms. The van der Waals surface area contributed by atoms with Crippen LogP contribution < -0.4 is 10.7 Å². The number of rotatable bonds is 4. The van der Waals surface area contributed by atoms with E-state index in [4.69, 9.17) is 0 Å². The monoisotopic (exact) mass is 251 g/mol. The van der Waals surface area contributed by atoms with E-state index in [0.29, 0.717) is 0 Å². The Bertz CT molecular complexity index is 405. The standard InChI is InChI=1S/C13H18FN3O/c14-11-6-2-3-7-12(11)16-13(18)10-15-17-8-4-1-5-9-17/h2-3,6-7,15H,1,4-5,8-10H2,(H,16,18). The fourth-order valence-electron chi connectivity index (χ4n) is 1.99. The van der Waals surface area contributed by atoms with Crippen molar-refractivity contribution in [2.45, 2.75) is 19.3 Å². The number of nitrogens with zero attached hydrogens (tertiary/aromatic N) is 1. The molecule has 2 N–H and O–H groups in total. The van der Waals surface area contributed by atoms with E-state index in [1.165, 1.54) is 12.5 Å². The molecule has 0 bridgehead atoms. The molecule has 1 aliphatic rings. The molecule has 0 saturated carbocycles. The van der Waals surface area contributed by atoms with Crippen molar-refractivity contribution in [1.29, 1.82) is 0 Å². The molecule has 0 aromatic heterocycles. The van der Waals surface area contributed by atoms with Crippen LogP contribution in [0.25, 0.3) is 0 Å². The molecule has 4 nitrogen and oxygen atoms in total. The minimum absolute atomic E-state index is 0.175. The number of piperidine rings is 1. The lowest BCUT2D eigenvalue weighted by atomic mass is 10.2. The van der Waals surface area contributed by atoms with Crippen molar-refractivity contribution in [3.05, 3.63) is 30.1 Å². The summed E-state index contributed by atoms with van der Waals surface area (Å²) >= 11 is 0. The SMILES string of the molecule is O=C(CNN1CCCCC1)Nc1ccccc1F. The summed E-state index contributed by atoms with van der Waals surface area (Å²) in [5.41, 5.74) is 3.28. The largest absolute Gasteiger partial charge is 0.322 e. The number of hydrogen-bond donors (Lipinski definition) is 2. The number of para-hydroxylation sites is 1. The molecule has 98 valence electrons. The van der Waals surface area contributed by atoms with Gasteiger partial charge >= 0.3 is 0 Å². The maximum atomic E-state index is 13.3. The van der Waals surface area contributed by atoms with Crippen LogP contribution in [0.3, 0.4) is 0 Å². The average Bonchev–Trinajstić information content (AvgIpc) is 2.40. The first-order valence-electron chi connectivity index (χ1n) is 6.28. The Labute approximate surface area is 106 Å². The van der Waals surface area contributed by atoms with Crippen molar-refractivity contribution >= 4 is 11.6 Å². The second kappa shape index (κ2) is 6.47. The summed E-state index contributed by atoms with van der Waals surface area (Å²) in [6.45, 7) is 2.11. The quantitative estimate of drug-likeness (QED) is 0.857. The van der Waals surface area contributed by atoms with Crippen molar-refractivity contribution < 1.29 is 9.18 Å². The molecule has 1 aliphatic heterocycles. The smallest absolute Gasteiger partial charge is 0.239 e. The van der Waals surface area contributed by atoms with Gasteiger partial charge in [-0.15, -0.1) is 0 Å². The fourth-order valence-corrected chi connectivity index (χ4v) is 1.99. The molecule has 18 heavy (non-hydrogen) atoms. The molecular formula is C13H18FN3O. The van der Waals surface area contributed by atoms with Crippen LogP contribution in [0.5, 0.6) is 0 Å². The Balaban J connectivity index is 1.76. The van der Waals surface area contributed by atoms with Gasteiger partial charge in [0.2, 0.25) is 5.91 Å². The first kappa shape index (κ1) is 13.0. The van der Waals surface area contributed by atoms with Gasteiger partial charge in [-0.25, -0.2) is 14.8 Å². The molecule has 1 aromatic carbocycles. The van der Waals surface area contributed by atoms with E-state index >= 15 is 0 Å². The molecular weight excluding hydrogens is 233 g/mol. The molecule has 0 atom stereocenters. The van der Waals surface area contributed by atoms with E-state index in [2.05, 4.69) is 10.7 Å². The van der Waals surface area contributed by atoms with Crippen molar-refractivity contribution in [2.75, 3.05) is 25.0 Å². The highest BCUT2D eigenvalue weighted by Gasteiger charge is 2.11. The summed E-state index contributed by atoms with van der Waals surface area (Å²) in [5, 5.41) is 4.59. The first-order chi connectivity index (χ1) is 8.75. The van der Waals surface area contributed by atoms with Crippen LogP contribution in [0.1, 0.15) is 19.3 Å². The highest BCUT2D eigenvalue weighted by atomic mass is 19.1. The summed E-state index contributed by atoms with van der Waals surface area (Å²) in [5.74, 6) is -0.644. The lowest BCUT2D eigenvalue weighted by Gasteiger charge is -2.26. The molecule has 0 aliphatic carbocycles. The number of anilines is 1. The molecule has 1 amide bonds. The van der Waals surface area contributed by atoms with E-state index in [0.717, 1.165) is 25.9 Å². The third-order valence-electron chi connectivity index (χ3n) is 2.97. The fraction of sp³-hybridized carbons (Fsp3) is 0.462. The van der Waals surface area contributed by atoms with E-state index in [1.54, 1.807) is 18.2 Å². The summed E-state index contributed by atoms with van der Waals surface area (Å²) in [7, 11) is 0. The van der Waals surface area contributed by atoms with Crippen LogP contribution >= 0.6 is 0 Å². The third-order valence-corrected chi connectivity index (χ3v) is 2.97. The van der Waals surface area contributed by atoms with E-state index < -0.39 is 5.82 Å². The molecule has 1 fully saturated rings. The first-order valence-corrected chi connectivity index (χ1v) is 6.28. The van der Waals surface area contributed by atoms with Gasteiger partial charge in [0.25, 0.3) is 0 Å². The van der Waals surface area contributed by atoms with Gasteiger partial charge in [0.05, 0.1) is 12.2 Å². The third kappa shape index (κ3) is 3.78. The minimum atomic E-state index is -0.413. The van der Waals surface area contributed by atoms with Gasteiger partial charge in [-0.2, -0.15) is 0 Å². The normalized spacial score (nSPS) is 16.5. The van der Waals surface area contributed by atoms with Gasteiger partial charge in [-0.3, -0.25) is 4.79 Å². The zero-order valence-electron chi connectivity index (χ0n) is 10.3. The molecule has 1 saturated heterocycles.